The largest absolute Gasteiger partial charge is 0.352 e. The molecule has 1 fully saturated rings. The number of carbonyl (C=O) groups excluding carboxylic acids is 2. The molecule has 7 nitrogen and oxygen atoms in total. The summed E-state index contributed by atoms with van der Waals surface area (Å²) in [6, 6.07) is 0.0102. The van der Waals surface area contributed by atoms with Crippen molar-refractivity contribution in [3.63, 3.8) is 0 Å². The highest BCUT2D eigenvalue weighted by Crippen LogP contribution is 2.10. The molecule has 1 aliphatic rings. The molecule has 1 heterocycles. The zero-order chi connectivity index (χ0) is 14.6. The van der Waals surface area contributed by atoms with E-state index in [9.17, 15) is 18.0 Å². The van der Waals surface area contributed by atoms with Gasteiger partial charge >= 0.3 is 0 Å². The molecule has 1 saturated heterocycles. The molecule has 0 aliphatic carbocycles. The van der Waals surface area contributed by atoms with Crippen LogP contribution in [0.4, 0.5) is 0 Å². The molecule has 0 atom stereocenters. The number of sulfonamides is 1. The molecule has 19 heavy (non-hydrogen) atoms. The average Bonchev–Trinajstić information content (AvgIpc) is 2.28. The summed E-state index contributed by atoms with van der Waals surface area (Å²) in [5.41, 5.74) is 0. The van der Waals surface area contributed by atoms with E-state index in [2.05, 4.69) is 5.32 Å². The van der Waals surface area contributed by atoms with Crippen molar-refractivity contribution in [2.75, 3.05) is 32.9 Å². The van der Waals surface area contributed by atoms with Crippen molar-refractivity contribution >= 4 is 21.8 Å². The predicted octanol–water partition coefficient (Wildman–Crippen LogP) is -0.995. The van der Waals surface area contributed by atoms with Crippen LogP contribution < -0.4 is 5.32 Å². The van der Waals surface area contributed by atoms with Crippen molar-refractivity contribution in [1.82, 2.24) is 14.5 Å². The second kappa shape index (κ2) is 6.33. The van der Waals surface area contributed by atoms with E-state index in [4.69, 9.17) is 0 Å². The Morgan fingerprint density at radius 1 is 1.32 bits per heavy atom. The first-order valence-corrected chi connectivity index (χ1v) is 8.01. The molecule has 0 spiro atoms. The van der Waals surface area contributed by atoms with Crippen LogP contribution in [0.1, 0.15) is 19.8 Å². The minimum absolute atomic E-state index is 0.0102. The number of rotatable bonds is 4. The van der Waals surface area contributed by atoms with Gasteiger partial charge in [0.1, 0.15) is 0 Å². The lowest BCUT2D eigenvalue weighted by molar-refractivity contribution is -0.130. The second-order valence-electron chi connectivity index (χ2n) is 4.87. The number of hydrogen-bond donors (Lipinski definition) is 1. The Morgan fingerprint density at radius 2 is 1.84 bits per heavy atom. The van der Waals surface area contributed by atoms with Crippen LogP contribution in [0.5, 0.6) is 0 Å². The number of nitrogens with one attached hydrogen (secondary N) is 1. The summed E-state index contributed by atoms with van der Waals surface area (Å²) in [5, 5.41) is 2.80. The molecule has 1 N–H and O–H groups in total. The highest BCUT2D eigenvalue weighted by Gasteiger charge is 2.23. The van der Waals surface area contributed by atoms with E-state index in [1.807, 2.05) is 0 Å². The summed E-state index contributed by atoms with van der Waals surface area (Å²) in [6.45, 7) is 2.61. The van der Waals surface area contributed by atoms with E-state index in [0.29, 0.717) is 25.9 Å². The van der Waals surface area contributed by atoms with Crippen LogP contribution in [0.3, 0.4) is 0 Å². The van der Waals surface area contributed by atoms with Gasteiger partial charge in [-0.3, -0.25) is 9.59 Å². The number of amides is 2. The lowest BCUT2D eigenvalue weighted by Crippen LogP contribution is -2.48. The van der Waals surface area contributed by atoms with Gasteiger partial charge in [-0.1, -0.05) is 0 Å². The standard InChI is InChI=1S/C11H21N3O4S/c1-9(15)14-6-4-10(5-7-14)12-11(16)8-13(2)19(3,17)18/h10H,4-8H2,1-3H3,(H,12,16). The fourth-order valence-corrected chi connectivity index (χ4v) is 2.28. The second-order valence-corrected chi connectivity index (χ2v) is 6.96. The van der Waals surface area contributed by atoms with Crippen LogP contribution in [-0.2, 0) is 19.6 Å². The molecule has 1 rings (SSSR count). The molecule has 8 heteroatoms. The van der Waals surface area contributed by atoms with Crippen LogP contribution in [0.2, 0.25) is 0 Å². The Bertz CT molecular complexity index is 441. The molecule has 0 unspecified atom stereocenters. The van der Waals surface area contributed by atoms with Gasteiger partial charge in [0, 0.05) is 33.1 Å². The molecule has 0 radical (unpaired) electrons. The summed E-state index contributed by atoms with van der Waals surface area (Å²) < 4.78 is 23.4. The van der Waals surface area contributed by atoms with Crippen molar-refractivity contribution in [1.29, 1.82) is 0 Å². The van der Waals surface area contributed by atoms with Crippen LogP contribution in [0.25, 0.3) is 0 Å². The highest BCUT2D eigenvalue weighted by molar-refractivity contribution is 7.88. The number of carbonyl (C=O) groups is 2. The van der Waals surface area contributed by atoms with Gasteiger partial charge in [-0.25, -0.2) is 8.42 Å². The molecule has 2 amide bonds. The third-order valence-corrected chi connectivity index (χ3v) is 4.50. The summed E-state index contributed by atoms with van der Waals surface area (Å²) in [6.07, 6.45) is 2.47. The van der Waals surface area contributed by atoms with Gasteiger partial charge in [0.2, 0.25) is 21.8 Å². The van der Waals surface area contributed by atoms with Crippen LogP contribution in [0.15, 0.2) is 0 Å². The fourth-order valence-electron chi connectivity index (χ4n) is 1.93. The predicted molar refractivity (Wildman–Crippen MR) is 70.9 cm³/mol. The van der Waals surface area contributed by atoms with Gasteiger partial charge in [0.05, 0.1) is 12.8 Å². The number of hydrogen-bond acceptors (Lipinski definition) is 4. The quantitative estimate of drug-likeness (QED) is 0.720. The van der Waals surface area contributed by atoms with Crippen molar-refractivity contribution in [3.05, 3.63) is 0 Å². The molecular formula is C11H21N3O4S. The summed E-state index contributed by atoms with van der Waals surface area (Å²) in [5.74, 6) is -0.268. The minimum Gasteiger partial charge on any atom is -0.352 e. The summed E-state index contributed by atoms with van der Waals surface area (Å²) in [7, 11) is -1.97. The van der Waals surface area contributed by atoms with E-state index >= 15 is 0 Å². The summed E-state index contributed by atoms with van der Waals surface area (Å²) in [4.78, 5) is 24.6. The monoisotopic (exact) mass is 291 g/mol. The maximum absolute atomic E-state index is 11.7. The third-order valence-electron chi connectivity index (χ3n) is 3.24. The van der Waals surface area contributed by atoms with E-state index in [0.717, 1.165) is 10.6 Å². The lowest BCUT2D eigenvalue weighted by Gasteiger charge is -2.31. The SMILES string of the molecule is CC(=O)N1CCC(NC(=O)CN(C)S(C)(=O)=O)CC1. The molecule has 110 valence electrons. The number of nitrogens with zero attached hydrogens (tertiary/aromatic N) is 2. The molecule has 0 aromatic carbocycles. The number of likely N-dealkylation sites (tertiary alicyclic amines) is 1. The maximum Gasteiger partial charge on any atom is 0.235 e. The zero-order valence-corrected chi connectivity index (χ0v) is 12.4. The maximum atomic E-state index is 11.7. The van der Waals surface area contributed by atoms with Gasteiger partial charge in [0.15, 0.2) is 0 Å². The van der Waals surface area contributed by atoms with E-state index in [-0.39, 0.29) is 24.4 Å². The average molecular weight is 291 g/mol. The fraction of sp³-hybridized carbons (Fsp3) is 0.818. The van der Waals surface area contributed by atoms with Gasteiger partial charge in [-0.05, 0) is 12.8 Å². The molecule has 0 aromatic heterocycles. The number of piperidine rings is 1. The first kappa shape index (κ1) is 15.9. The smallest absolute Gasteiger partial charge is 0.235 e. The topological polar surface area (TPSA) is 86.8 Å². The van der Waals surface area contributed by atoms with E-state index in [1.165, 1.54) is 14.0 Å². The molecule has 0 aromatic rings. The lowest BCUT2D eigenvalue weighted by atomic mass is 10.1. The van der Waals surface area contributed by atoms with Crippen molar-refractivity contribution in [3.8, 4) is 0 Å². The summed E-state index contributed by atoms with van der Waals surface area (Å²) >= 11 is 0. The Hall–Kier alpha value is -1.15. The molecule has 0 saturated carbocycles. The molecular weight excluding hydrogens is 270 g/mol. The Morgan fingerprint density at radius 3 is 2.26 bits per heavy atom. The van der Waals surface area contributed by atoms with Crippen molar-refractivity contribution < 1.29 is 18.0 Å². The Kier molecular flexibility index (Phi) is 5.30. The van der Waals surface area contributed by atoms with E-state index in [1.54, 1.807) is 4.90 Å². The van der Waals surface area contributed by atoms with Crippen LogP contribution in [-0.4, -0.2) is 68.4 Å². The van der Waals surface area contributed by atoms with Gasteiger partial charge in [-0.2, -0.15) is 4.31 Å². The highest BCUT2D eigenvalue weighted by atomic mass is 32.2. The molecule has 1 aliphatic heterocycles. The van der Waals surface area contributed by atoms with Gasteiger partial charge < -0.3 is 10.2 Å². The first-order valence-electron chi connectivity index (χ1n) is 6.16. The minimum atomic E-state index is -3.34. The van der Waals surface area contributed by atoms with Crippen LogP contribution in [0, 0.1) is 0 Å². The number of likely N-dealkylation sites (N-methyl/N-ethyl adjacent to an activating group) is 1. The zero-order valence-electron chi connectivity index (χ0n) is 11.5. The van der Waals surface area contributed by atoms with Crippen molar-refractivity contribution in [2.45, 2.75) is 25.8 Å². The first-order chi connectivity index (χ1) is 8.70. The third kappa shape index (κ3) is 5.15. The normalized spacial score (nSPS) is 17.6. The Balaban J connectivity index is 2.37. The van der Waals surface area contributed by atoms with Crippen LogP contribution >= 0.6 is 0 Å². The van der Waals surface area contributed by atoms with Gasteiger partial charge in [-0.15, -0.1) is 0 Å². The van der Waals surface area contributed by atoms with Crippen molar-refractivity contribution in [2.24, 2.45) is 0 Å². The van der Waals surface area contributed by atoms with E-state index < -0.39 is 10.0 Å². The Labute approximate surface area is 114 Å². The molecule has 0 bridgehead atoms. The van der Waals surface area contributed by atoms with Gasteiger partial charge in [0.25, 0.3) is 0 Å².